The fourth-order valence-electron chi connectivity index (χ4n) is 5.23. The number of para-hydroxylation sites is 2. The zero-order valence-corrected chi connectivity index (χ0v) is 25.0. The van der Waals surface area contributed by atoms with Crippen LogP contribution in [0, 0.1) is 12.8 Å². The summed E-state index contributed by atoms with van der Waals surface area (Å²) in [7, 11) is 0. The number of aryl methyl sites for hydroxylation is 1. The van der Waals surface area contributed by atoms with E-state index in [1.807, 2.05) is 99.3 Å². The van der Waals surface area contributed by atoms with E-state index in [2.05, 4.69) is 17.4 Å². The van der Waals surface area contributed by atoms with Gasteiger partial charge in [0.1, 0.15) is 5.60 Å². The van der Waals surface area contributed by atoms with Crippen LogP contribution in [0.15, 0.2) is 78.9 Å². The molecule has 2 amide bonds. The Balaban J connectivity index is 1.50. The molecule has 1 N–H and O–H groups in total. The van der Waals surface area contributed by atoms with Crippen LogP contribution in [0.1, 0.15) is 78.9 Å². The molecule has 7 nitrogen and oxygen atoms in total. The molecule has 0 spiro atoms. The summed E-state index contributed by atoms with van der Waals surface area (Å²) >= 11 is 0. The molecule has 7 heteroatoms. The minimum absolute atomic E-state index is 0.0372. The molecule has 1 aliphatic rings. The second kappa shape index (κ2) is 12.7. The molecule has 5 rings (SSSR count). The summed E-state index contributed by atoms with van der Waals surface area (Å²) in [6.45, 7) is 8.39. The number of ether oxygens (including phenoxy) is 1. The number of nitrogens with zero attached hydrogens (tertiary/aromatic N) is 3. The first-order valence-corrected chi connectivity index (χ1v) is 14.8. The maximum Gasteiger partial charge on any atom is 0.407 e. The van der Waals surface area contributed by atoms with Crippen LogP contribution in [0.4, 0.5) is 4.79 Å². The van der Waals surface area contributed by atoms with Crippen LogP contribution in [0.2, 0.25) is 0 Å². The van der Waals surface area contributed by atoms with Gasteiger partial charge in [0.15, 0.2) is 0 Å². The number of carbonyl (C=O) groups is 2. The van der Waals surface area contributed by atoms with Crippen LogP contribution in [-0.4, -0.2) is 45.6 Å². The second-order valence-electron chi connectivity index (χ2n) is 12.1. The van der Waals surface area contributed by atoms with E-state index in [0.29, 0.717) is 37.4 Å². The standard InChI is InChI=1S/C35H40N4O3/c1-24-15-17-27(18-16-24)33(40)39(22-10-21-36-34(41)42-35(2,3)4)32(26-19-20-26)31-30(23-25-11-6-5-7-12-25)37-28-13-8-9-14-29(28)38-31/h5-9,11-18,26,32H,10,19-23H2,1-4H3,(H,36,41). The lowest BCUT2D eigenvalue weighted by atomic mass is 9.98. The first kappa shape index (κ1) is 29.2. The van der Waals surface area contributed by atoms with E-state index in [4.69, 9.17) is 14.7 Å². The molecule has 1 atom stereocenters. The van der Waals surface area contributed by atoms with Gasteiger partial charge in [-0.2, -0.15) is 0 Å². The van der Waals surface area contributed by atoms with Gasteiger partial charge in [0.05, 0.1) is 28.5 Å². The third-order valence-corrected chi connectivity index (χ3v) is 7.38. The van der Waals surface area contributed by atoms with Gasteiger partial charge < -0.3 is 15.0 Å². The molecule has 0 bridgehead atoms. The van der Waals surface area contributed by atoms with Gasteiger partial charge in [-0.25, -0.2) is 14.8 Å². The minimum atomic E-state index is -0.571. The average Bonchev–Trinajstić information content (AvgIpc) is 3.79. The van der Waals surface area contributed by atoms with Crippen LogP contribution >= 0.6 is 0 Å². The summed E-state index contributed by atoms with van der Waals surface area (Å²) in [6.07, 6.45) is 2.80. The lowest BCUT2D eigenvalue weighted by molar-refractivity contribution is 0.0522. The van der Waals surface area contributed by atoms with E-state index in [9.17, 15) is 9.59 Å². The molecule has 1 heterocycles. The number of fused-ring (bicyclic) bond motifs is 1. The number of benzene rings is 3. The monoisotopic (exact) mass is 564 g/mol. The molecular formula is C35H40N4O3. The molecule has 42 heavy (non-hydrogen) atoms. The normalized spacial score (nSPS) is 13.9. The van der Waals surface area contributed by atoms with Crippen molar-refractivity contribution < 1.29 is 14.3 Å². The molecule has 3 aromatic carbocycles. The predicted octanol–water partition coefficient (Wildman–Crippen LogP) is 7.04. The fraction of sp³-hybridized carbons (Fsp3) is 0.371. The lowest BCUT2D eigenvalue weighted by Crippen LogP contribution is -2.40. The fourth-order valence-corrected chi connectivity index (χ4v) is 5.23. The topological polar surface area (TPSA) is 84.4 Å². The Kier molecular flexibility index (Phi) is 8.86. The summed E-state index contributed by atoms with van der Waals surface area (Å²) in [5.41, 5.74) is 5.75. The van der Waals surface area contributed by atoms with Crippen molar-refractivity contribution in [2.45, 2.75) is 65.0 Å². The van der Waals surface area contributed by atoms with Crippen molar-refractivity contribution in [1.82, 2.24) is 20.2 Å². The molecule has 1 aromatic heterocycles. The van der Waals surface area contributed by atoms with Crippen LogP contribution in [0.3, 0.4) is 0 Å². The summed E-state index contributed by atoms with van der Waals surface area (Å²) in [6, 6.07) is 25.7. The number of carbonyl (C=O) groups excluding carboxylic acids is 2. The van der Waals surface area contributed by atoms with Crippen molar-refractivity contribution in [3.63, 3.8) is 0 Å². The van der Waals surface area contributed by atoms with Gasteiger partial charge in [-0.3, -0.25) is 4.79 Å². The minimum Gasteiger partial charge on any atom is -0.444 e. The first-order valence-electron chi connectivity index (χ1n) is 14.8. The van der Waals surface area contributed by atoms with E-state index in [1.54, 1.807) is 0 Å². The summed E-state index contributed by atoms with van der Waals surface area (Å²) in [5.74, 6) is 0.257. The quantitative estimate of drug-likeness (QED) is 0.209. The van der Waals surface area contributed by atoms with Gasteiger partial charge >= 0.3 is 6.09 Å². The molecule has 0 radical (unpaired) electrons. The Morgan fingerprint density at radius 1 is 0.929 bits per heavy atom. The number of hydrogen-bond acceptors (Lipinski definition) is 5. The Bertz CT molecular complexity index is 1530. The molecule has 1 unspecified atom stereocenters. The van der Waals surface area contributed by atoms with Crippen LogP contribution in [-0.2, 0) is 11.2 Å². The van der Waals surface area contributed by atoms with Crippen molar-refractivity contribution in [3.05, 3.63) is 107 Å². The SMILES string of the molecule is Cc1ccc(C(=O)N(CCCNC(=O)OC(C)(C)C)C(c2nc3ccccc3nc2Cc2ccccc2)C2CC2)cc1. The van der Waals surface area contributed by atoms with Gasteiger partial charge in [-0.15, -0.1) is 0 Å². The third-order valence-electron chi connectivity index (χ3n) is 7.38. The Morgan fingerprint density at radius 3 is 2.21 bits per heavy atom. The highest BCUT2D eigenvalue weighted by atomic mass is 16.6. The summed E-state index contributed by atoms with van der Waals surface area (Å²) in [4.78, 5) is 38.8. The van der Waals surface area contributed by atoms with Gasteiger partial charge in [0.2, 0.25) is 0 Å². The molecular weight excluding hydrogens is 524 g/mol. The Hall–Kier alpha value is -4.26. The van der Waals surface area contributed by atoms with Crippen LogP contribution in [0.5, 0.6) is 0 Å². The predicted molar refractivity (Wildman–Crippen MR) is 165 cm³/mol. The number of nitrogens with one attached hydrogen (secondary N) is 1. The molecule has 218 valence electrons. The molecule has 0 saturated heterocycles. The highest BCUT2D eigenvalue weighted by Crippen LogP contribution is 2.46. The number of amides is 2. The average molecular weight is 565 g/mol. The van der Waals surface area contributed by atoms with E-state index in [-0.39, 0.29) is 11.9 Å². The Morgan fingerprint density at radius 2 is 1.57 bits per heavy atom. The first-order chi connectivity index (χ1) is 20.2. The molecule has 1 aliphatic carbocycles. The molecule has 1 saturated carbocycles. The Labute approximate surface area is 248 Å². The van der Waals surface area contributed by atoms with E-state index in [1.165, 1.54) is 0 Å². The largest absolute Gasteiger partial charge is 0.444 e. The molecule has 0 aliphatic heterocycles. The number of aromatic nitrogens is 2. The van der Waals surface area contributed by atoms with Crippen molar-refractivity contribution in [1.29, 1.82) is 0 Å². The number of rotatable bonds is 10. The zero-order chi connectivity index (χ0) is 29.7. The van der Waals surface area contributed by atoms with Gasteiger partial charge in [0, 0.05) is 25.1 Å². The van der Waals surface area contributed by atoms with Crippen molar-refractivity contribution in [2.75, 3.05) is 13.1 Å². The van der Waals surface area contributed by atoms with Crippen LogP contribution < -0.4 is 5.32 Å². The molecule has 1 fully saturated rings. The van der Waals surface area contributed by atoms with E-state index in [0.717, 1.165) is 46.4 Å². The summed E-state index contributed by atoms with van der Waals surface area (Å²) in [5, 5.41) is 2.85. The lowest BCUT2D eigenvalue weighted by Gasteiger charge is -2.33. The molecule has 4 aromatic rings. The highest BCUT2D eigenvalue weighted by molar-refractivity contribution is 5.94. The summed E-state index contributed by atoms with van der Waals surface area (Å²) < 4.78 is 5.40. The third kappa shape index (κ3) is 7.52. The maximum atomic E-state index is 14.2. The van der Waals surface area contributed by atoms with E-state index < -0.39 is 11.7 Å². The number of alkyl carbamates (subject to hydrolysis) is 1. The second-order valence-corrected chi connectivity index (χ2v) is 12.1. The van der Waals surface area contributed by atoms with Crippen molar-refractivity contribution in [2.24, 2.45) is 5.92 Å². The maximum absolute atomic E-state index is 14.2. The van der Waals surface area contributed by atoms with Crippen LogP contribution in [0.25, 0.3) is 11.0 Å². The van der Waals surface area contributed by atoms with Crippen molar-refractivity contribution >= 4 is 23.0 Å². The zero-order valence-electron chi connectivity index (χ0n) is 25.0. The van der Waals surface area contributed by atoms with Crippen molar-refractivity contribution in [3.8, 4) is 0 Å². The van der Waals surface area contributed by atoms with Gasteiger partial charge in [-0.05, 0) is 82.7 Å². The van der Waals surface area contributed by atoms with Gasteiger partial charge in [0.25, 0.3) is 5.91 Å². The van der Waals surface area contributed by atoms with Gasteiger partial charge in [-0.1, -0.05) is 60.2 Å². The van der Waals surface area contributed by atoms with E-state index >= 15 is 0 Å². The number of hydrogen-bond donors (Lipinski definition) is 1. The smallest absolute Gasteiger partial charge is 0.407 e. The highest BCUT2D eigenvalue weighted by Gasteiger charge is 2.41.